The van der Waals surface area contributed by atoms with Crippen LogP contribution < -0.4 is 5.32 Å². The van der Waals surface area contributed by atoms with Crippen LogP contribution in [0.3, 0.4) is 0 Å². The molecular formula is C36H59N. The average Bonchev–Trinajstić information content (AvgIpc) is 2.96. The second kappa shape index (κ2) is 10.4. The molecule has 8 fully saturated rings. The molecule has 1 N–H and O–H groups in total. The predicted octanol–water partition coefficient (Wildman–Crippen LogP) is 9.40. The Hall–Kier alpha value is -0.0400. The van der Waals surface area contributed by atoms with E-state index < -0.39 is 0 Å². The molecule has 0 aliphatic heterocycles. The lowest BCUT2D eigenvalue weighted by molar-refractivity contribution is -0.109. The van der Waals surface area contributed by atoms with Crippen molar-refractivity contribution in [1.82, 2.24) is 5.32 Å². The van der Waals surface area contributed by atoms with E-state index in [-0.39, 0.29) is 0 Å². The van der Waals surface area contributed by atoms with Crippen LogP contribution >= 0.6 is 0 Å². The van der Waals surface area contributed by atoms with Crippen molar-refractivity contribution < 1.29 is 0 Å². The molecule has 208 valence electrons. The number of hydrogen-bond donors (Lipinski definition) is 1. The van der Waals surface area contributed by atoms with Gasteiger partial charge in [-0.3, -0.25) is 0 Å². The van der Waals surface area contributed by atoms with Crippen LogP contribution in [-0.2, 0) is 0 Å². The lowest BCUT2D eigenvalue weighted by Gasteiger charge is -2.60. The van der Waals surface area contributed by atoms with Gasteiger partial charge in [-0.05, 0) is 161 Å². The lowest BCUT2D eigenvalue weighted by Crippen LogP contribution is -2.55. The highest BCUT2D eigenvalue weighted by atomic mass is 15.0. The zero-order valence-corrected chi connectivity index (χ0v) is 24.1. The smallest absolute Gasteiger partial charge is 0.0103 e. The molecule has 0 aromatic rings. The molecule has 0 aromatic carbocycles. The van der Waals surface area contributed by atoms with Crippen LogP contribution in [0.2, 0.25) is 0 Å². The molecule has 37 heavy (non-hydrogen) atoms. The standard InChI is InChI=1S/C36H59N/c1-2-9-29-27(6-1)22-34(32-11-4-3-10-31(29)32)37-28-18-14-23(15-19-28)30-20-16-26-13-12-24-7-5-8-25-17-21-33(30)36(26)35(24)25/h23-37H,1-22H2. The van der Waals surface area contributed by atoms with Gasteiger partial charge in [0.2, 0.25) is 0 Å². The van der Waals surface area contributed by atoms with Crippen LogP contribution in [0.25, 0.3) is 0 Å². The Morgan fingerprint density at radius 1 is 0.324 bits per heavy atom. The maximum absolute atomic E-state index is 4.43. The van der Waals surface area contributed by atoms with Gasteiger partial charge in [-0.2, -0.15) is 0 Å². The van der Waals surface area contributed by atoms with Gasteiger partial charge < -0.3 is 5.32 Å². The molecule has 8 saturated carbocycles. The van der Waals surface area contributed by atoms with E-state index in [2.05, 4.69) is 5.32 Å². The van der Waals surface area contributed by atoms with E-state index in [1.54, 1.807) is 103 Å². The topological polar surface area (TPSA) is 12.0 Å². The molecule has 8 rings (SSSR count). The molecule has 0 spiro atoms. The highest BCUT2D eigenvalue weighted by Gasteiger charge is 2.54. The minimum Gasteiger partial charge on any atom is -0.311 e. The van der Waals surface area contributed by atoms with Crippen molar-refractivity contribution in [3.63, 3.8) is 0 Å². The molecule has 8 aliphatic rings. The Morgan fingerprint density at radius 3 is 1.65 bits per heavy atom. The molecule has 1 nitrogen and oxygen atoms in total. The summed E-state index contributed by atoms with van der Waals surface area (Å²) in [4.78, 5) is 0. The summed E-state index contributed by atoms with van der Waals surface area (Å²) in [5, 5.41) is 4.43. The molecule has 1 heteroatoms. The van der Waals surface area contributed by atoms with E-state index in [1.807, 2.05) is 0 Å². The molecule has 0 aromatic heterocycles. The number of hydrogen-bond acceptors (Lipinski definition) is 1. The lowest BCUT2D eigenvalue weighted by atomic mass is 9.45. The minimum atomic E-state index is 0.855. The fourth-order valence-corrected chi connectivity index (χ4v) is 13.9. The van der Waals surface area contributed by atoms with Gasteiger partial charge >= 0.3 is 0 Å². The Morgan fingerprint density at radius 2 is 0.865 bits per heavy atom. The second-order valence-electron chi connectivity index (χ2n) is 16.4. The van der Waals surface area contributed by atoms with Gasteiger partial charge in [0, 0.05) is 12.1 Å². The van der Waals surface area contributed by atoms with Crippen molar-refractivity contribution in [3.8, 4) is 0 Å². The number of nitrogens with one attached hydrogen (secondary N) is 1. The average molecular weight is 506 g/mol. The van der Waals surface area contributed by atoms with Crippen LogP contribution in [0.15, 0.2) is 0 Å². The summed E-state index contributed by atoms with van der Waals surface area (Å²) in [7, 11) is 0. The summed E-state index contributed by atoms with van der Waals surface area (Å²) in [6.07, 6.45) is 34.6. The third kappa shape index (κ3) is 4.41. The normalized spacial score (nSPS) is 55.5. The monoisotopic (exact) mass is 505 g/mol. The van der Waals surface area contributed by atoms with Crippen molar-refractivity contribution in [3.05, 3.63) is 0 Å². The Kier molecular flexibility index (Phi) is 6.96. The largest absolute Gasteiger partial charge is 0.311 e. The van der Waals surface area contributed by atoms with Gasteiger partial charge in [0.05, 0.1) is 0 Å². The highest BCUT2D eigenvalue weighted by Crippen LogP contribution is 2.62. The van der Waals surface area contributed by atoms with E-state index in [4.69, 9.17) is 0 Å². The summed E-state index contributed by atoms with van der Waals surface area (Å²) in [5.74, 6) is 13.4. The first-order chi connectivity index (χ1) is 18.3. The van der Waals surface area contributed by atoms with Crippen LogP contribution in [0.1, 0.15) is 141 Å². The molecule has 0 amide bonds. The van der Waals surface area contributed by atoms with Crippen LogP contribution in [0.5, 0.6) is 0 Å². The minimum absolute atomic E-state index is 0.855. The first-order valence-corrected chi connectivity index (χ1v) is 18.1. The van der Waals surface area contributed by atoms with Gasteiger partial charge in [0.25, 0.3) is 0 Å². The molecule has 12 atom stereocenters. The van der Waals surface area contributed by atoms with E-state index in [9.17, 15) is 0 Å². The van der Waals surface area contributed by atoms with E-state index in [1.165, 1.54) is 50.4 Å². The van der Waals surface area contributed by atoms with Gasteiger partial charge in [-0.15, -0.1) is 0 Å². The summed E-state index contributed by atoms with van der Waals surface area (Å²) >= 11 is 0. The van der Waals surface area contributed by atoms with Crippen LogP contribution in [-0.4, -0.2) is 12.1 Å². The maximum Gasteiger partial charge on any atom is 0.0103 e. The molecule has 8 aliphatic carbocycles. The highest BCUT2D eigenvalue weighted by molar-refractivity contribution is 5.04. The molecule has 0 heterocycles. The third-order valence-electron chi connectivity index (χ3n) is 15.2. The van der Waals surface area contributed by atoms with E-state index in [0.717, 1.165) is 71.3 Å². The Balaban J connectivity index is 0.911. The molecular weight excluding hydrogens is 446 g/mol. The van der Waals surface area contributed by atoms with Crippen molar-refractivity contribution in [1.29, 1.82) is 0 Å². The summed E-state index contributed by atoms with van der Waals surface area (Å²) in [6, 6.07) is 1.73. The molecule has 12 unspecified atom stereocenters. The van der Waals surface area contributed by atoms with Crippen molar-refractivity contribution in [2.24, 2.45) is 71.0 Å². The second-order valence-corrected chi connectivity index (χ2v) is 16.4. The SMILES string of the molecule is C1CCC2C(C1)CC(NC1CCC(C3CCC4CCC5CCCC6CCC3C4C56)CC1)C1CCCCC21. The van der Waals surface area contributed by atoms with Crippen molar-refractivity contribution in [2.45, 2.75) is 153 Å². The van der Waals surface area contributed by atoms with Gasteiger partial charge in [0.1, 0.15) is 0 Å². The van der Waals surface area contributed by atoms with E-state index in [0.29, 0.717) is 0 Å². The Bertz CT molecular complexity index is 776. The van der Waals surface area contributed by atoms with Gasteiger partial charge in [0.15, 0.2) is 0 Å². The summed E-state index contributed by atoms with van der Waals surface area (Å²) in [6.45, 7) is 0. The fourth-order valence-electron chi connectivity index (χ4n) is 13.9. The third-order valence-corrected chi connectivity index (χ3v) is 15.2. The van der Waals surface area contributed by atoms with Gasteiger partial charge in [-0.25, -0.2) is 0 Å². The van der Waals surface area contributed by atoms with E-state index >= 15 is 0 Å². The Labute approximate surface area is 229 Å². The van der Waals surface area contributed by atoms with Crippen LogP contribution in [0, 0.1) is 71.0 Å². The predicted molar refractivity (Wildman–Crippen MR) is 154 cm³/mol. The van der Waals surface area contributed by atoms with Crippen LogP contribution in [0.4, 0.5) is 0 Å². The zero-order chi connectivity index (χ0) is 24.3. The summed E-state index contributed by atoms with van der Waals surface area (Å²) in [5.41, 5.74) is 0. The molecule has 0 bridgehead atoms. The number of fused-ring (bicyclic) bond motifs is 3. The molecule has 0 saturated heterocycles. The number of rotatable bonds is 3. The fraction of sp³-hybridized carbons (Fsp3) is 1.00. The maximum atomic E-state index is 4.43. The van der Waals surface area contributed by atoms with Crippen molar-refractivity contribution >= 4 is 0 Å². The van der Waals surface area contributed by atoms with Gasteiger partial charge in [-0.1, -0.05) is 51.4 Å². The quantitative estimate of drug-likeness (QED) is 0.403. The molecule has 0 radical (unpaired) electrons. The first-order valence-electron chi connectivity index (χ1n) is 18.1. The van der Waals surface area contributed by atoms with Crippen molar-refractivity contribution in [2.75, 3.05) is 0 Å². The summed E-state index contributed by atoms with van der Waals surface area (Å²) < 4.78 is 0. The zero-order valence-electron chi connectivity index (χ0n) is 24.1. The first kappa shape index (κ1) is 24.7.